The highest BCUT2D eigenvalue weighted by molar-refractivity contribution is 6.30. The molecule has 0 spiro atoms. The molecule has 3 aromatic rings. The standard InChI is InChI=1S/C15H13ClN4/c16-14-12(10-7-4-8-10)9-13-17-18-15(20(13)19-14)11-5-2-1-3-6-11/h1-3,5-6,9-10H,4,7-8H2. The first-order chi connectivity index (χ1) is 9.83. The van der Waals surface area contributed by atoms with Gasteiger partial charge in [-0.15, -0.1) is 10.2 Å². The van der Waals surface area contributed by atoms with Gasteiger partial charge in [-0.1, -0.05) is 48.4 Å². The fraction of sp³-hybridized carbons (Fsp3) is 0.267. The molecule has 0 N–H and O–H groups in total. The Morgan fingerprint density at radius 1 is 1.10 bits per heavy atom. The van der Waals surface area contributed by atoms with Crippen LogP contribution in [0.1, 0.15) is 30.7 Å². The number of fused-ring (bicyclic) bond motifs is 1. The molecule has 4 nitrogen and oxygen atoms in total. The zero-order valence-electron chi connectivity index (χ0n) is 10.8. The molecule has 4 rings (SSSR count). The highest BCUT2D eigenvalue weighted by Crippen LogP contribution is 2.39. The monoisotopic (exact) mass is 284 g/mol. The number of hydrogen-bond acceptors (Lipinski definition) is 3. The SMILES string of the molecule is Clc1nn2c(-c3ccccc3)nnc2cc1C1CCC1. The Balaban J connectivity index is 1.87. The van der Waals surface area contributed by atoms with E-state index in [2.05, 4.69) is 15.3 Å². The predicted octanol–water partition coefficient (Wildman–Crippen LogP) is 3.71. The molecule has 2 heterocycles. The summed E-state index contributed by atoms with van der Waals surface area (Å²) in [6.07, 6.45) is 3.66. The summed E-state index contributed by atoms with van der Waals surface area (Å²) in [4.78, 5) is 0. The quantitative estimate of drug-likeness (QED) is 0.720. The predicted molar refractivity (Wildman–Crippen MR) is 77.8 cm³/mol. The Kier molecular flexibility index (Phi) is 2.70. The van der Waals surface area contributed by atoms with E-state index < -0.39 is 0 Å². The van der Waals surface area contributed by atoms with Gasteiger partial charge in [-0.3, -0.25) is 0 Å². The molecule has 5 heteroatoms. The molecule has 2 aromatic heterocycles. The summed E-state index contributed by atoms with van der Waals surface area (Å²) in [7, 11) is 0. The second-order valence-electron chi connectivity index (χ2n) is 5.18. The maximum absolute atomic E-state index is 6.34. The van der Waals surface area contributed by atoms with Crippen molar-refractivity contribution in [3.8, 4) is 11.4 Å². The van der Waals surface area contributed by atoms with Gasteiger partial charge < -0.3 is 0 Å². The summed E-state index contributed by atoms with van der Waals surface area (Å²) in [6.45, 7) is 0. The first-order valence-electron chi connectivity index (χ1n) is 6.80. The van der Waals surface area contributed by atoms with Gasteiger partial charge in [0.2, 0.25) is 0 Å². The van der Waals surface area contributed by atoms with Crippen LogP contribution in [-0.4, -0.2) is 19.8 Å². The molecule has 1 aliphatic rings. The van der Waals surface area contributed by atoms with Gasteiger partial charge in [0.15, 0.2) is 16.6 Å². The summed E-state index contributed by atoms with van der Waals surface area (Å²) < 4.78 is 1.72. The van der Waals surface area contributed by atoms with Crippen molar-refractivity contribution in [3.63, 3.8) is 0 Å². The number of nitrogens with zero attached hydrogens (tertiary/aromatic N) is 4. The topological polar surface area (TPSA) is 43.1 Å². The number of hydrogen-bond donors (Lipinski definition) is 0. The van der Waals surface area contributed by atoms with Crippen LogP contribution in [0.15, 0.2) is 36.4 Å². The van der Waals surface area contributed by atoms with Crippen molar-refractivity contribution < 1.29 is 0 Å². The van der Waals surface area contributed by atoms with Gasteiger partial charge >= 0.3 is 0 Å². The fourth-order valence-electron chi connectivity index (χ4n) is 2.60. The minimum Gasteiger partial charge on any atom is -0.191 e. The number of benzene rings is 1. The molecule has 1 aliphatic carbocycles. The van der Waals surface area contributed by atoms with Gasteiger partial charge in [0.25, 0.3) is 0 Å². The van der Waals surface area contributed by atoms with Crippen molar-refractivity contribution in [3.05, 3.63) is 47.1 Å². The molecule has 1 aromatic carbocycles. The minimum absolute atomic E-state index is 0.539. The fourth-order valence-corrected chi connectivity index (χ4v) is 2.88. The molecule has 1 saturated carbocycles. The van der Waals surface area contributed by atoms with E-state index in [9.17, 15) is 0 Å². The van der Waals surface area contributed by atoms with Crippen molar-refractivity contribution in [1.82, 2.24) is 19.8 Å². The molecule has 0 saturated heterocycles. The molecule has 0 unspecified atom stereocenters. The second-order valence-corrected chi connectivity index (χ2v) is 5.54. The third-order valence-electron chi connectivity index (χ3n) is 3.95. The Morgan fingerprint density at radius 2 is 1.90 bits per heavy atom. The summed E-state index contributed by atoms with van der Waals surface area (Å²) in [5.74, 6) is 1.26. The molecule has 1 fully saturated rings. The lowest BCUT2D eigenvalue weighted by Crippen LogP contribution is -2.11. The van der Waals surface area contributed by atoms with Crippen molar-refractivity contribution in [1.29, 1.82) is 0 Å². The minimum atomic E-state index is 0.539. The molecule has 0 amide bonds. The highest BCUT2D eigenvalue weighted by atomic mass is 35.5. The van der Waals surface area contributed by atoms with Crippen LogP contribution < -0.4 is 0 Å². The molecule has 0 radical (unpaired) electrons. The zero-order valence-corrected chi connectivity index (χ0v) is 11.6. The molecular weight excluding hydrogens is 272 g/mol. The van der Waals surface area contributed by atoms with E-state index in [-0.39, 0.29) is 0 Å². The van der Waals surface area contributed by atoms with Crippen LogP contribution in [0.2, 0.25) is 5.15 Å². The van der Waals surface area contributed by atoms with Crippen molar-refractivity contribution in [2.45, 2.75) is 25.2 Å². The van der Waals surface area contributed by atoms with E-state index in [4.69, 9.17) is 11.6 Å². The summed E-state index contributed by atoms with van der Waals surface area (Å²) in [6, 6.07) is 11.9. The highest BCUT2D eigenvalue weighted by Gasteiger charge is 2.24. The summed E-state index contributed by atoms with van der Waals surface area (Å²) >= 11 is 6.34. The first-order valence-corrected chi connectivity index (χ1v) is 7.18. The largest absolute Gasteiger partial charge is 0.191 e. The Labute approximate surface area is 121 Å². The van der Waals surface area contributed by atoms with E-state index in [1.807, 2.05) is 36.4 Å². The van der Waals surface area contributed by atoms with E-state index >= 15 is 0 Å². The average Bonchev–Trinajstić information content (AvgIpc) is 2.81. The number of rotatable bonds is 2. The molecular formula is C15H13ClN4. The molecule has 100 valence electrons. The third kappa shape index (κ3) is 1.79. The van der Waals surface area contributed by atoms with Gasteiger partial charge in [-0.25, -0.2) is 0 Å². The van der Waals surface area contributed by atoms with Gasteiger partial charge in [0, 0.05) is 5.56 Å². The van der Waals surface area contributed by atoms with E-state index in [0.717, 1.165) is 22.6 Å². The van der Waals surface area contributed by atoms with Gasteiger partial charge in [-0.2, -0.15) is 9.61 Å². The molecule has 0 aliphatic heterocycles. The van der Waals surface area contributed by atoms with E-state index in [1.165, 1.54) is 19.3 Å². The van der Waals surface area contributed by atoms with Crippen LogP contribution >= 0.6 is 11.6 Å². The lowest BCUT2D eigenvalue weighted by atomic mass is 9.81. The molecule has 20 heavy (non-hydrogen) atoms. The van der Waals surface area contributed by atoms with E-state index in [1.54, 1.807) is 4.52 Å². The van der Waals surface area contributed by atoms with Crippen LogP contribution in [0.5, 0.6) is 0 Å². The first kappa shape index (κ1) is 11.9. The van der Waals surface area contributed by atoms with E-state index in [0.29, 0.717) is 11.1 Å². The number of halogens is 1. The van der Waals surface area contributed by atoms with Crippen molar-refractivity contribution in [2.24, 2.45) is 0 Å². The van der Waals surface area contributed by atoms with Crippen molar-refractivity contribution in [2.75, 3.05) is 0 Å². The Morgan fingerprint density at radius 3 is 2.60 bits per heavy atom. The van der Waals surface area contributed by atoms with Crippen LogP contribution in [0, 0.1) is 0 Å². The van der Waals surface area contributed by atoms with Gasteiger partial charge in [-0.05, 0) is 30.4 Å². The Hall–Kier alpha value is -1.94. The summed E-state index contributed by atoms with van der Waals surface area (Å²) in [5, 5.41) is 13.5. The third-order valence-corrected chi connectivity index (χ3v) is 4.25. The van der Waals surface area contributed by atoms with Gasteiger partial charge in [0.1, 0.15) is 0 Å². The second kappa shape index (κ2) is 4.56. The van der Waals surface area contributed by atoms with Gasteiger partial charge in [0.05, 0.1) is 0 Å². The van der Waals surface area contributed by atoms with Crippen LogP contribution in [0.25, 0.3) is 17.0 Å². The van der Waals surface area contributed by atoms with Crippen molar-refractivity contribution >= 4 is 17.2 Å². The smallest absolute Gasteiger partial charge is 0.185 e. The maximum atomic E-state index is 6.34. The average molecular weight is 285 g/mol. The Bertz CT molecular complexity index is 762. The lowest BCUT2D eigenvalue weighted by molar-refractivity contribution is 0.418. The molecule has 0 atom stereocenters. The number of aromatic nitrogens is 4. The molecule has 0 bridgehead atoms. The van der Waals surface area contributed by atoms with Crippen LogP contribution in [-0.2, 0) is 0 Å². The summed E-state index contributed by atoms with van der Waals surface area (Å²) in [5.41, 5.74) is 2.85. The van der Waals surface area contributed by atoms with Crippen LogP contribution in [0.3, 0.4) is 0 Å². The lowest BCUT2D eigenvalue weighted by Gasteiger charge is -2.25. The normalized spacial score (nSPS) is 15.4. The maximum Gasteiger partial charge on any atom is 0.185 e. The van der Waals surface area contributed by atoms with Crippen LogP contribution in [0.4, 0.5) is 0 Å². The zero-order chi connectivity index (χ0) is 13.5.